The molecule has 96 valence electrons. The Morgan fingerprint density at radius 3 is 3.06 bits per heavy atom. The van der Waals surface area contributed by atoms with Crippen LogP contribution in [-0.2, 0) is 0 Å². The van der Waals surface area contributed by atoms with Crippen LogP contribution in [0.25, 0.3) is 0 Å². The van der Waals surface area contributed by atoms with E-state index in [9.17, 15) is 0 Å². The van der Waals surface area contributed by atoms with E-state index >= 15 is 0 Å². The molecular weight excluding hydrogens is 270 g/mol. The molecule has 1 unspecified atom stereocenters. The molecule has 6 nitrogen and oxygen atoms in total. The van der Waals surface area contributed by atoms with Gasteiger partial charge in [0.1, 0.15) is 0 Å². The Morgan fingerprint density at radius 2 is 2.39 bits per heavy atom. The molecule has 0 saturated heterocycles. The third-order valence-electron chi connectivity index (χ3n) is 1.97. The molecule has 2 rings (SSSR count). The summed E-state index contributed by atoms with van der Waals surface area (Å²) in [4.78, 5) is 4.19. The third-order valence-corrected chi connectivity index (χ3v) is 4.03. The van der Waals surface area contributed by atoms with Gasteiger partial charge < -0.3 is 9.84 Å². The number of anilines is 1. The Labute approximate surface area is 113 Å². The van der Waals surface area contributed by atoms with Crippen LogP contribution in [0.3, 0.4) is 0 Å². The van der Waals surface area contributed by atoms with E-state index in [1.165, 1.54) is 11.3 Å². The molecule has 0 fully saturated rings. The molecule has 1 N–H and O–H groups in total. The zero-order chi connectivity index (χ0) is 13.0. The topological polar surface area (TPSA) is 76.7 Å². The van der Waals surface area contributed by atoms with Gasteiger partial charge in [0, 0.05) is 6.54 Å². The lowest BCUT2D eigenvalue weighted by Crippen LogP contribution is -1.96. The highest BCUT2D eigenvalue weighted by Gasteiger charge is 2.16. The van der Waals surface area contributed by atoms with Gasteiger partial charge in [-0.2, -0.15) is 4.98 Å². The average molecular weight is 283 g/mol. The zero-order valence-electron chi connectivity index (χ0n) is 10.1. The number of aromatic nitrogens is 4. The lowest BCUT2D eigenvalue weighted by atomic mass is 10.5. The van der Waals surface area contributed by atoms with Gasteiger partial charge in [0.2, 0.25) is 11.0 Å². The fourth-order valence-electron chi connectivity index (χ4n) is 1.17. The summed E-state index contributed by atoms with van der Waals surface area (Å²) in [6, 6.07) is 0. The minimum atomic E-state index is 0.0615. The van der Waals surface area contributed by atoms with Gasteiger partial charge in [0.15, 0.2) is 10.2 Å². The van der Waals surface area contributed by atoms with Crippen LogP contribution in [-0.4, -0.2) is 26.9 Å². The van der Waals surface area contributed by atoms with E-state index in [1.807, 2.05) is 6.92 Å². The van der Waals surface area contributed by atoms with Crippen molar-refractivity contribution in [3.05, 3.63) is 24.4 Å². The molecule has 0 aliphatic heterocycles. The van der Waals surface area contributed by atoms with Crippen LogP contribution in [0.15, 0.2) is 21.5 Å². The maximum atomic E-state index is 5.12. The summed E-state index contributed by atoms with van der Waals surface area (Å²) in [7, 11) is 0. The van der Waals surface area contributed by atoms with Crippen molar-refractivity contribution in [2.45, 2.75) is 23.4 Å². The maximum Gasteiger partial charge on any atom is 0.239 e. The quantitative estimate of drug-likeness (QED) is 0.645. The van der Waals surface area contributed by atoms with Gasteiger partial charge in [-0.3, -0.25) is 0 Å². The predicted octanol–water partition coefficient (Wildman–Crippen LogP) is 2.68. The Balaban J connectivity index is 1.96. The lowest BCUT2D eigenvalue weighted by Gasteiger charge is -2.01. The minimum Gasteiger partial charge on any atom is -0.357 e. The van der Waals surface area contributed by atoms with E-state index in [4.69, 9.17) is 4.52 Å². The molecule has 2 aromatic rings. The number of thioether (sulfide) groups is 1. The van der Waals surface area contributed by atoms with Crippen molar-refractivity contribution >= 4 is 28.2 Å². The number of nitrogens with one attached hydrogen (secondary N) is 1. The first-order valence-electron chi connectivity index (χ1n) is 5.34. The van der Waals surface area contributed by atoms with E-state index in [0.29, 0.717) is 18.3 Å². The van der Waals surface area contributed by atoms with Gasteiger partial charge in [0.05, 0.1) is 5.25 Å². The molecule has 0 aliphatic rings. The molecule has 0 radical (unpaired) electrons. The van der Waals surface area contributed by atoms with E-state index in [-0.39, 0.29) is 5.25 Å². The lowest BCUT2D eigenvalue weighted by molar-refractivity contribution is 0.376. The second-order valence-electron chi connectivity index (χ2n) is 3.48. The van der Waals surface area contributed by atoms with Crippen molar-refractivity contribution in [3.63, 3.8) is 0 Å². The van der Waals surface area contributed by atoms with Crippen LogP contribution in [0.4, 0.5) is 5.13 Å². The number of rotatable bonds is 6. The standard InChI is InChI=1S/C10H13N5OS2/c1-4-5-11-9-13-14-10(18-9)17-6(2)8-12-7(3)15-16-8/h4,6H,1,5H2,2-3H3,(H,11,13). The van der Waals surface area contributed by atoms with Crippen LogP contribution in [0.2, 0.25) is 0 Å². The third kappa shape index (κ3) is 3.30. The second-order valence-corrected chi connectivity index (χ2v) is 6.05. The van der Waals surface area contributed by atoms with Gasteiger partial charge in [-0.15, -0.1) is 16.8 Å². The number of hydrogen-bond donors (Lipinski definition) is 1. The summed E-state index contributed by atoms with van der Waals surface area (Å²) in [6.07, 6.45) is 1.78. The minimum absolute atomic E-state index is 0.0615. The van der Waals surface area contributed by atoms with Crippen molar-refractivity contribution in [3.8, 4) is 0 Å². The molecule has 0 amide bonds. The fourth-order valence-corrected chi connectivity index (χ4v) is 3.10. The fraction of sp³-hybridized carbons (Fsp3) is 0.400. The first kappa shape index (κ1) is 13.0. The number of hydrogen-bond acceptors (Lipinski definition) is 8. The molecule has 2 aromatic heterocycles. The molecular formula is C10H13N5OS2. The van der Waals surface area contributed by atoms with Crippen LogP contribution in [0.1, 0.15) is 23.9 Å². The first-order valence-corrected chi connectivity index (χ1v) is 7.04. The Kier molecular flexibility index (Phi) is 4.32. The normalized spacial score (nSPS) is 12.3. The Hall–Kier alpha value is -1.41. The monoisotopic (exact) mass is 283 g/mol. The summed E-state index contributed by atoms with van der Waals surface area (Å²) in [6.45, 7) is 8.11. The van der Waals surface area contributed by atoms with Gasteiger partial charge in [0.25, 0.3) is 0 Å². The largest absolute Gasteiger partial charge is 0.357 e. The van der Waals surface area contributed by atoms with Crippen molar-refractivity contribution in [1.29, 1.82) is 0 Å². The van der Waals surface area contributed by atoms with Gasteiger partial charge in [-0.05, 0) is 13.8 Å². The molecule has 0 aliphatic carbocycles. The molecule has 1 atom stereocenters. The van der Waals surface area contributed by atoms with Crippen LogP contribution < -0.4 is 5.32 Å². The molecule has 8 heteroatoms. The van der Waals surface area contributed by atoms with Crippen molar-refractivity contribution in [2.75, 3.05) is 11.9 Å². The van der Waals surface area contributed by atoms with Crippen LogP contribution in [0, 0.1) is 6.92 Å². The Morgan fingerprint density at radius 1 is 1.56 bits per heavy atom. The summed E-state index contributed by atoms with van der Waals surface area (Å²) >= 11 is 3.04. The van der Waals surface area contributed by atoms with Gasteiger partial charge in [-0.25, -0.2) is 0 Å². The van der Waals surface area contributed by atoms with Gasteiger partial charge in [-0.1, -0.05) is 34.3 Å². The number of nitrogens with zero attached hydrogens (tertiary/aromatic N) is 4. The summed E-state index contributed by atoms with van der Waals surface area (Å²) in [5, 5.41) is 15.8. The summed E-state index contributed by atoms with van der Waals surface area (Å²) in [5.74, 6) is 1.25. The maximum absolute atomic E-state index is 5.12. The van der Waals surface area contributed by atoms with Crippen LogP contribution >= 0.6 is 23.1 Å². The molecule has 2 heterocycles. The summed E-state index contributed by atoms with van der Waals surface area (Å²) < 4.78 is 5.98. The zero-order valence-corrected chi connectivity index (χ0v) is 11.7. The van der Waals surface area contributed by atoms with Gasteiger partial charge >= 0.3 is 0 Å². The highest BCUT2D eigenvalue weighted by Crippen LogP contribution is 2.36. The predicted molar refractivity (Wildman–Crippen MR) is 71.9 cm³/mol. The van der Waals surface area contributed by atoms with Crippen molar-refractivity contribution in [2.24, 2.45) is 0 Å². The van der Waals surface area contributed by atoms with Crippen molar-refractivity contribution < 1.29 is 4.52 Å². The SMILES string of the molecule is C=CCNc1nnc(SC(C)c2nc(C)no2)s1. The highest BCUT2D eigenvalue weighted by molar-refractivity contribution is 8.01. The molecule has 0 aromatic carbocycles. The van der Waals surface area contributed by atoms with Crippen molar-refractivity contribution in [1.82, 2.24) is 20.3 Å². The van der Waals surface area contributed by atoms with E-state index in [0.717, 1.165) is 9.47 Å². The Bertz CT molecular complexity index is 524. The first-order chi connectivity index (χ1) is 8.69. The molecule has 18 heavy (non-hydrogen) atoms. The molecule has 0 bridgehead atoms. The smallest absolute Gasteiger partial charge is 0.239 e. The van der Waals surface area contributed by atoms with E-state index in [2.05, 4.69) is 32.2 Å². The second kappa shape index (κ2) is 5.96. The molecule has 0 saturated carbocycles. The summed E-state index contributed by atoms with van der Waals surface area (Å²) in [5.41, 5.74) is 0. The van der Waals surface area contributed by atoms with Crippen LogP contribution in [0.5, 0.6) is 0 Å². The highest BCUT2D eigenvalue weighted by atomic mass is 32.2. The van der Waals surface area contributed by atoms with E-state index in [1.54, 1.807) is 24.8 Å². The van der Waals surface area contributed by atoms with E-state index < -0.39 is 0 Å². The number of aryl methyl sites for hydroxylation is 1. The molecule has 0 spiro atoms. The average Bonchev–Trinajstić information content (AvgIpc) is 2.96.